The number of nitrogens with one attached hydrogen (secondary N) is 1. The van der Waals surface area contributed by atoms with E-state index >= 15 is 0 Å². The highest BCUT2D eigenvalue weighted by Crippen LogP contribution is 2.20. The fourth-order valence-corrected chi connectivity index (χ4v) is 2.19. The van der Waals surface area contributed by atoms with Crippen LogP contribution in [0.25, 0.3) is 0 Å². The van der Waals surface area contributed by atoms with Crippen LogP contribution >= 0.6 is 15.9 Å². The van der Waals surface area contributed by atoms with Crippen LogP contribution in [0.1, 0.15) is 12.5 Å². The highest BCUT2D eigenvalue weighted by Gasteiger charge is 2.12. The third-order valence-electron chi connectivity index (χ3n) is 2.81. The highest BCUT2D eigenvalue weighted by molar-refractivity contribution is 9.10. The summed E-state index contributed by atoms with van der Waals surface area (Å²) in [5.41, 5.74) is 1.16. The maximum absolute atomic E-state index is 5.37. The lowest BCUT2D eigenvalue weighted by Crippen LogP contribution is -2.20. The van der Waals surface area contributed by atoms with E-state index in [-0.39, 0.29) is 0 Å². The van der Waals surface area contributed by atoms with Crippen LogP contribution in [-0.2, 0) is 6.54 Å². The minimum absolute atomic E-state index is 0.325. The van der Waals surface area contributed by atoms with Gasteiger partial charge in [-0.2, -0.15) is 15.0 Å². The van der Waals surface area contributed by atoms with Gasteiger partial charge in [-0.1, -0.05) is 34.1 Å². The molecule has 0 aliphatic carbocycles. The van der Waals surface area contributed by atoms with Crippen molar-refractivity contribution in [3.05, 3.63) is 34.3 Å². The lowest BCUT2D eigenvalue weighted by atomic mass is 10.2. The van der Waals surface area contributed by atoms with Gasteiger partial charge in [-0.3, -0.25) is 0 Å². The number of hydrogen-bond acceptors (Lipinski definition) is 6. The van der Waals surface area contributed by atoms with Crippen LogP contribution in [0.4, 0.5) is 11.9 Å². The number of rotatable bonds is 6. The molecule has 0 saturated heterocycles. The first kappa shape index (κ1) is 15.5. The lowest BCUT2D eigenvalue weighted by Gasteiger charge is -2.18. The van der Waals surface area contributed by atoms with Crippen molar-refractivity contribution in [2.75, 3.05) is 30.9 Å². The van der Waals surface area contributed by atoms with Crippen LogP contribution in [0.3, 0.4) is 0 Å². The first-order valence-electron chi connectivity index (χ1n) is 6.65. The van der Waals surface area contributed by atoms with Crippen LogP contribution in [0.2, 0.25) is 0 Å². The maximum atomic E-state index is 5.37. The topological polar surface area (TPSA) is 63.2 Å². The molecule has 1 heterocycles. The number of hydrogen-bond donors (Lipinski definition) is 1. The zero-order valence-corrected chi connectivity index (χ0v) is 13.9. The summed E-state index contributed by atoms with van der Waals surface area (Å²) in [5, 5.41) is 2.92. The minimum atomic E-state index is 0.325. The van der Waals surface area contributed by atoms with Gasteiger partial charge in [-0.15, -0.1) is 0 Å². The van der Waals surface area contributed by atoms with E-state index in [1.165, 1.54) is 0 Å². The third kappa shape index (κ3) is 4.04. The average Bonchev–Trinajstić information content (AvgIpc) is 2.49. The molecule has 0 aliphatic rings. The Morgan fingerprint density at radius 3 is 2.67 bits per heavy atom. The smallest absolute Gasteiger partial charge is 0.323 e. The van der Waals surface area contributed by atoms with Gasteiger partial charge in [-0.25, -0.2) is 0 Å². The van der Waals surface area contributed by atoms with Gasteiger partial charge in [0.1, 0.15) is 0 Å². The van der Waals surface area contributed by atoms with E-state index in [9.17, 15) is 0 Å². The van der Waals surface area contributed by atoms with Gasteiger partial charge in [0.15, 0.2) is 0 Å². The van der Waals surface area contributed by atoms with Crippen molar-refractivity contribution in [1.82, 2.24) is 15.0 Å². The molecular weight excluding hydrogens is 334 g/mol. The molecule has 0 bridgehead atoms. The second-order valence-electron chi connectivity index (χ2n) is 4.37. The summed E-state index contributed by atoms with van der Waals surface area (Å²) in [7, 11) is 3.70. The molecule has 1 aromatic heterocycles. The monoisotopic (exact) mass is 351 g/mol. The number of nitrogens with zero attached hydrogens (tertiary/aromatic N) is 4. The van der Waals surface area contributed by atoms with Crippen molar-refractivity contribution in [1.29, 1.82) is 0 Å². The first-order valence-corrected chi connectivity index (χ1v) is 7.44. The van der Waals surface area contributed by atoms with Crippen molar-refractivity contribution in [3.8, 4) is 6.01 Å². The van der Waals surface area contributed by atoms with Crippen molar-refractivity contribution >= 4 is 27.8 Å². The Balaban J connectivity index is 2.23. The van der Waals surface area contributed by atoms with E-state index in [4.69, 9.17) is 4.74 Å². The van der Waals surface area contributed by atoms with Gasteiger partial charge in [0.25, 0.3) is 0 Å². The summed E-state index contributed by atoms with van der Waals surface area (Å²) in [6.45, 7) is 3.09. The summed E-state index contributed by atoms with van der Waals surface area (Å²) < 4.78 is 6.43. The molecule has 0 saturated carbocycles. The molecule has 6 nitrogen and oxygen atoms in total. The Morgan fingerprint density at radius 1 is 1.24 bits per heavy atom. The van der Waals surface area contributed by atoms with Crippen molar-refractivity contribution in [3.63, 3.8) is 0 Å². The highest BCUT2D eigenvalue weighted by atomic mass is 79.9. The lowest BCUT2D eigenvalue weighted by molar-refractivity contribution is 0.312. The molecule has 21 heavy (non-hydrogen) atoms. The van der Waals surface area contributed by atoms with E-state index in [2.05, 4.69) is 42.3 Å². The van der Waals surface area contributed by atoms with E-state index in [0.29, 0.717) is 31.1 Å². The Hall–Kier alpha value is -1.89. The van der Waals surface area contributed by atoms with Gasteiger partial charge < -0.3 is 15.0 Å². The molecule has 1 aromatic carbocycles. The summed E-state index contributed by atoms with van der Waals surface area (Å²) in [5.74, 6) is 1.05. The molecule has 112 valence electrons. The summed E-state index contributed by atoms with van der Waals surface area (Å²) in [4.78, 5) is 14.8. The number of ether oxygens (including phenoxy) is 1. The molecule has 1 N–H and O–H groups in total. The molecule has 7 heteroatoms. The standard InChI is InChI=1S/C14H18BrN5O/c1-4-21-14-18-12(16-2)17-13(19-14)20(3)9-10-7-5-6-8-11(10)15/h5-8H,4,9H2,1-3H3,(H,16,17,18,19). The van der Waals surface area contributed by atoms with E-state index in [1.54, 1.807) is 7.05 Å². The van der Waals surface area contributed by atoms with E-state index < -0.39 is 0 Å². The van der Waals surface area contributed by atoms with Crippen LogP contribution < -0.4 is 15.0 Å². The summed E-state index contributed by atoms with van der Waals surface area (Å²) >= 11 is 3.55. The zero-order chi connectivity index (χ0) is 15.2. The van der Waals surface area contributed by atoms with Crippen molar-refractivity contribution in [2.45, 2.75) is 13.5 Å². The molecule has 0 unspecified atom stereocenters. The zero-order valence-electron chi connectivity index (χ0n) is 12.3. The third-order valence-corrected chi connectivity index (χ3v) is 3.58. The van der Waals surface area contributed by atoms with E-state index in [0.717, 1.165) is 10.0 Å². The Morgan fingerprint density at radius 2 is 2.00 bits per heavy atom. The van der Waals surface area contributed by atoms with Gasteiger partial charge in [0.2, 0.25) is 11.9 Å². The average molecular weight is 352 g/mol. The molecule has 0 aliphatic heterocycles. The molecular formula is C14H18BrN5O. The fraction of sp³-hybridized carbons (Fsp3) is 0.357. The second-order valence-corrected chi connectivity index (χ2v) is 5.23. The molecule has 0 radical (unpaired) electrons. The minimum Gasteiger partial charge on any atom is -0.464 e. The fourth-order valence-electron chi connectivity index (χ4n) is 1.77. The predicted octanol–water partition coefficient (Wildman–Crippen LogP) is 2.71. The van der Waals surface area contributed by atoms with Gasteiger partial charge in [-0.05, 0) is 18.6 Å². The van der Waals surface area contributed by atoms with Gasteiger partial charge in [0, 0.05) is 25.1 Å². The summed E-state index contributed by atoms with van der Waals surface area (Å²) in [6.07, 6.45) is 0. The Bertz CT molecular complexity index is 608. The quantitative estimate of drug-likeness (QED) is 0.863. The number of halogens is 1. The number of anilines is 2. The number of benzene rings is 1. The second kappa shape index (κ2) is 7.21. The molecule has 2 rings (SSSR count). The largest absolute Gasteiger partial charge is 0.464 e. The van der Waals surface area contributed by atoms with Crippen molar-refractivity contribution in [2.24, 2.45) is 0 Å². The van der Waals surface area contributed by atoms with Crippen LogP contribution in [0.5, 0.6) is 6.01 Å². The van der Waals surface area contributed by atoms with Gasteiger partial charge in [0.05, 0.1) is 6.61 Å². The molecule has 0 fully saturated rings. The number of aromatic nitrogens is 3. The van der Waals surface area contributed by atoms with Crippen LogP contribution in [-0.4, -0.2) is 35.7 Å². The van der Waals surface area contributed by atoms with Gasteiger partial charge >= 0.3 is 6.01 Å². The van der Waals surface area contributed by atoms with Crippen LogP contribution in [0.15, 0.2) is 28.7 Å². The van der Waals surface area contributed by atoms with E-state index in [1.807, 2.05) is 37.1 Å². The maximum Gasteiger partial charge on any atom is 0.323 e. The molecule has 0 amide bonds. The SMILES string of the molecule is CCOc1nc(NC)nc(N(C)Cc2ccccc2Br)n1. The van der Waals surface area contributed by atoms with Crippen molar-refractivity contribution < 1.29 is 4.74 Å². The Labute approximate surface area is 132 Å². The molecule has 0 spiro atoms. The molecule has 0 atom stereocenters. The summed E-state index contributed by atoms with van der Waals surface area (Å²) in [6, 6.07) is 8.39. The predicted molar refractivity (Wildman–Crippen MR) is 86.8 cm³/mol. The van der Waals surface area contributed by atoms with Crippen LogP contribution in [0, 0.1) is 0 Å². The normalized spacial score (nSPS) is 10.3. The molecule has 2 aromatic rings. The first-order chi connectivity index (χ1) is 10.1. The Kier molecular flexibility index (Phi) is 5.32.